The number of H-pyrrole nitrogens is 1. The highest BCUT2D eigenvalue weighted by molar-refractivity contribution is 7.89. The van der Waals surface area contributed by atoms with Gasteiger partial charge < -0.3 is 9.64 Å². The molecule has 0 bridgehead atoms. The fourth-order valence-electron chi connectivity index (χ4n) is 3.17. The van der Waals surface area contributed by atoms with Crippen LogP contribution >= 0.6 is 0 Å². The molecular formula is C18H24N4O4S. The van der Waals surface area contributed by atoms with E-state index in [1.54, 1.807) is 24.8 Å². The van der Waals surface area contributed by atoms with Gasteiger partial charge in [0.2, 0.25) is 10.0 Å². The third-order valence-electron chi connectivity index (χ3n) is 4.60. The van der Waals surface area contributed by atoms with E-state index in [2.05, 4.69) is 10.2 Å². The summed E-state index contributed by atoms with van der Waals surface area (Å²) in [5.41, 5.74) is 2.04. The summed E-state index contributed by atoms with van der Waals surface area (Å²) in [6.07, 6.45) is 0. The van der Waals surface area contributed by atoms with Crippen LogP contribution in [0, 0.1) is 20.8 Å². The van der Waals surface area contributed by atoms with Gasteiger partial charge in [-0.2, -0.15) is 9.40 Å². The van der Waals surface area contributed by atoms with Crippen LogP contribution in [0.15, 0.2) is 29.2 Å². The number of carbonyl (C=O) groups is 1. The molecule has 3 rings (SSSR count). The molecule has 1 aromatic carbocycles. The number of amides is 1. The monoisotopic (exact) mass is 392 g/mol. The Morgan fingerprint density at radius 2 is 1.89 bits per heavy atom. The van der Waals surface area contributed by atoms with Crippen LogP contribution in [0.1, 0.15) is 17.0 Å². The molecule has 2 heterocycles. The first-order valence-corrected chi connectivity index (χ1v) is 10.2. The van der Waals surface area contributed by atoms with Crippen LogP contribution in [0.25, 0.3) is 0 Å². The van der Waals surface area contributed by atoms with Crippen molar-refractivity contribution >= 4 is 15.9 Å². The van der Waals surface area contributed by atoms with Crippen LogP contribution in [0.5, 0.6) is 5.75 Å². The van der Waals surface area contributed by atoms with Crippen LogP contribution in [0.2, 0.25) is 0 Å². The molecule has 8 nitrogen and oxygen atoms in total. The highest BCUT2D eigenvalue weighted by atomic mass is 32.2. The van der Waals surface area contributed by atoms with E-state index in [-0.39, 0.29) is 30.5 Å². The van der Waals surface area contributed by atoms with Gasteiger partial charge in [-0.15, -0.1) is 0 Å². The summed E-state index contributed by atoms with van der Waals surface area (Å²) in [6, 6.07) is 7.50. The quantitative estimate of drug-likeness (QED) is 0.826. The molecule has 1 amide bonds. The molecule has 9 heteroatoms. The van der Waals surface area contributed by atoms with Crippen molar-refractivity contribution in [3.8, 4) is 5.75 Å². The van der Waals surface area contributed by atoms with Crippen molar-refractivity contribution < 1.29 is 17.9 Å². The molecule has 0 unspecified atom stereocenters. The molecule has 1 aliphatic rings. The molecule has 0 spiro atoms. The van der Waals surface area contributed by atoms with Gasteiger partial charge in [0.15, 0.2) is 6.61 Å². The molecule has 0 aliphatic carbocycles. The van der Waals surface area contributed by atoms with Gasteiger partial charge in [0.1, 0.15) is 10.6 Å². The Labute approximate surface area is 159 Å². The van der Waals surface area contributed by atoms with Crippen LogP contribution in [-0.2, 0) is 14.8 Å². The largest absolute Gasteiger partial charge is 0.484 e. The lowest BCUT2D eigenvalue weighted by Gasteiger charge is -2.34. The summed E-state index contributed by atoms with van der Waals surface area (Å²) in [7, 11) is -3.62. The van der Waals surface area contributed by atoms with E-state index >= 15 is 0 Å². The zero-order valence-corrected chi connectivity index (χ0v) is 16.5. The molecule has 0 radical (unpaired) electrons. The standard InChI is InChI=1S/C18H24N4O4S/c1-13-5-4-6-16(11-13)26-12-17(23)21-7-9-22(10-8-21)27(24,25)18-14(2)19-20-15(18)3/h4-6,11H,7-10,12H2,1-3H3,(H,19,20). The average molecular weight is 392 g/mol. The van der Waals surface area contributed by atoms with E-state index in [4.69, 9.17) is 4.74 Å². The lowest BCUT2D eigenvalue weighted by Crippen LogP contribution is -2.51. The Kier molecular flexibility index (Phi) is 5.52. The van der Waals surface area contributed by atoms with E-state index < -0.39 is 10.0 Å². The molecule has 0 atom stereocenters. The molecule has 27 heavy (non-hydrogen) atoms. The van der Waals surface area contributed by atoms with Gasteiger partial charge >= 0.3 is 0 Å². The van der Waals surface area contributed by atoms with Gasteiger partial charge in [-0.1, -0.05) is 12.1 Å². The number of piperazine rings is 1. The number of sulfonamides is 1. The third-order valence-corrected chi connectivity index (χ3v) is 6.76. The highest BCUT2D eigenvalue weighted by Crippen LogP contribution is 2.22. The van der Waals surface area contributed by atoms with Crippen molar-refractivity contribution in [1.29, 1.82) is 0 Å². The number of aromatic amines is 1. The molecule has 146 valence electrons. The number of aryl methyl sites for hydroxylation is 3. The van der Waals surface area contributed by atoms with Crippen LogP contribution in [0.4, 0.5) is 0 Å². The van der Waals surface area contributed by atoms with Crippen molar-refractivity contribution in [2.45, 2.75) is 25.7 Å². The van der Waals surface area contributed by atoms with Gasteiger partial charge in [-0.25, -0.2) is 8.42 Å². The van der Waals surface area contributed by atoms with Gasteiger partial charge in [-0.05, 0) is 38.5 Å². The maximum absolute atomic E-state index is 12.8. The predicted octanol–water partition coefficient (Wildman–Crippen LogP) is 1.25. The SMILES string of the molecule is Cc1cccc(OCC(=O)N2CCN(S(=O)(=O)c3c(C)n[nH]c3C)CC2)c1. The Morgan fingerprint density at radius 1 is 1.19 bits per heavy atom. The maximum Gasteiger partial charge on any atom is 0.260 e. The number of rotatable bonds is 5. The average Bonchev–Trinajstić information content (AvgIpc) is 2.99. The van der Waals surface area contributed by atoms with Crippen LogP contribution in [0.3, 0.4) is 0 Å². The summed E-state index contributed by atoms with van der Waals surface area (Å²) < 4.78 is 32.7. The first-order valence-electron chi connectivity index (χ1n) is 8.78. The number of ether oxygens (including phenoxy) is 1. The summed E-state index contributed by atoms with van der Waals surface area (Å²) in [4.78, 5) is 14.2. The number of aromatic nitrogens is 2. The Hall–Kier alpha value is -2.39. The maximum atomic E-state index is 12.8. The zero-order chi connectivity index (χ0) is 19.6. The van der Waals surface area contributed by atoms with Crippen molar-refractivity contribution in [2.75, 3.05) is 32.8 Å². The molecule has 1 aromatic heterocycles. The summed E-state index contributed by atoms with van der Waals surface area (Å²) >= 11 is 0. The topological polar surface area (TPSA) is 95.6 Å². The van der Waals surface area contributed by atoms with Crippen LogP contribution in [-0.4, -0.2) is 66.5 Å². The van der Waals surface area contributed by atoms with E-state index in [0.29, 0.717) is 30.2 Å². The smallest absolute Gasteiger partial charge is 0.260 e. The Bertz CT molecular complexity index is 911. The molecule has 1 saturated heterocycles. The van der Waals surface area contributed by atoms with Gasteiger partial charge in [0, 0.05) is 26.2 Å². The molecule has 2 aromatic rings. The fraction of sp³-hybridized carbons (Fsp3) is 0.444. The molecular weight excluding hydrogens is 368 g/mol. The highest BCUT2D eigenvalue weighted by Gasteiger charge is 2.33. The number of hydrogen-bond donors (Lipinski definition) is 1. The fourth-order valence-corrected chi connectivity index (χ4v) is 4.92. The number of benzene rings is 1. The Morgan fingerprint density at radius 3 is 2.48 bits per heavy atom. The predicted molar refractivity (Wildman–Crippen MR) is 100 cm³/mol. The van der Waals surface area contributed by atoms with Gasteiger partial charge in [0.05, 0.1) is 11.4 Å². The van der Waals surface area contributed by atoms with Gasteiger partial charge in [0.25, 0.3) is 5.91 Å². The molecule has 1 fully saturated rings. The second-order valence-electron chi connectivity index (χ2n) is 6.65. The van der Waals surface area contributed by atoms with Gasteiger partial charge in [-0.3, -0.25) is 9.89 Å². The minimum Gasteiger partial charge on any atom is -0.484 e. The number of hydrogen-bond acceptors (Lipinski definition) is 5. The van der Waals surface area contributed by atoms with E-state index in [1.165, 1.54) is 4.31 Å². The van der Waals surface area contributed by atoms with Crippen molar-refractivity contribution in [3.63, 3.8) is 0 Å². The third kappa shape index (κ3) is 4.14. The second-order valence-corrected chi connectivity index (χ2v) is 8.53. The van der Waals surface area contributed by atoms with Crippen molar-refractivity contribution in [2.24, 2.45) is 0 Å². The summed E-state index contributed by atoms with van der Waals surface area (Å²) in [6.45, 7) is 6.43. The van der Waals surface area contributed by atoms with E-state index in [0.717, 1.165) is 5.56 Å². The van der Waals surface area contributed by atoms with Crippen molar-refractivity contribution in [3.05, 3.63) is 41.2 Å². The molecule has 0 saturated carbocycles. The summed E-state index contributed by atoms with van der Waals surface area (Å²) in [5, 5.41) is 6.68. The van der Waals surface area contributed by atoms with E-state index in [1.807, 2.05) is 25.1 Å². The Balaban J connectivity index is 1.57. The summed E-state index contributed by atoms with van der Waals surface area (Å²) in [5.74, 6) is 0.500. The lowest BCUT2D eigenvalue weighted by atomic mass is 10.2. The number of nitrogens with zero attached hydrogens (tertiary/aromatic N) is 3. The van der Waals surface area contributed by atoms with Crippen molar-refractivity contribution in [1.82, 2.24) is 19.4 Å². The first kappa shape index (κ1) is 19.4. The van der Waals surface area contributed by atoms with E-state index in [9.17, 15) is 13.2 Å². The number of carbonyl (C=O) groups excluding carboxylic acids is 1. The lowest BCUT2D eigenvalue weighted by molar-refractivity contribution is -0.134. The molecule has 1 N–H and O–H groups in total. The normalized spacial score (nSPS) is 15.7. The minimum atomic E-state index is -3.62. The minimum absolute atomic E-state index is 0.0594. The van der Waals surface area contributed by atoms with Crippen LogP contribution < -0.4 is 4.74 Å². The first-order chi connectivity index (χ1) is 12.8. The number of nitrogens with one attached hydrogen (secondary N) is 1. The molecule has 1 aliphatic heterocycles. The zero-order valence-electron chi connectivity index (χ0n) is 15.7. The second kappa shape index (κ2) is 7.69.